The van der Waals surface area contributed by atoms with Crippen LogP contribution in [0.3, 0.4) is 0 Å². The highest BCUT2D eigenvalue weighted by Crippen LogP contribution is 2.26. The van der Waals surface area contributed by atoms with E-state index in [1.165, 1.54) is 0 Å². The van der Waals surface area contributed by atoms with E-state index in [9.17, 15) is 4.79 Å². The summed E-state index contributed by atoms with van der Waals surface area (Å²) >= 11 is 12.0. The van der Waals surface area contributed by atoms with Gasteiger partial charge in [-0.1, -0.05) is 35.3 Å². The van der Waals surface area contributed by atoms with E-state index in [0.717, 1.165) is 11.1 Å². The Morgan fingerprint density at radius 2 is 1.95 bits per heavy atom. The van der Waals surface area contributed by atoms with E-state index in [1.807, 2.05) is 19.9 Å². The Morgan fingerprint density at radius 3 is 2.62 bits per heavy atom. The molecule has 0 aliphatic carbocycles. The Kier molecular flexibility index (Phi) is 4.76. The number of hydrogen-bond donors (Lipinski definition) is 2. The Hall–Kier alpha value is -1.71. The summed E-state index contributed by atoms with van der Waals surface area (Å²) < 4.78 is 0. The topological polar surface area (TPSA) is 55.1 Å². The summed E-state index contributed by atoms with van der Waals surface area (Å²) in [5, 5.41) is 4.01. The third-order valence-electron chi connectivity index (χ3n) is 3.40. The molecular weight excluding hydrogens is 307 g/mol. The molecule has 2 rings (SSSR count). The molecule has 2 aromatic rings. The number of rotatable bonds is 3. The van der Waals surface area contributed by atoms with Crippen molar-refractivity contribution in [3.05, 3.63) is 63.1 Å². The van der Waals surface area contributed by atoms with E-state index in [-0.39, 0.29) is 11.9 Å². The summed E-state index contributed by atoms with van der Waals surface area (Å²) in [6.07, 6.45) is 0. The molecule has 3 N–H and O–H groups in total. The van der Waals surface area contributed by atoms with Gasteiger partial charge in [-0.3, -0.25) is 4.79 Å². The molecule has 0 aromatic heterocycles. The minimum atomic E-state index is -0.233. The van der Waals surface area contributed by atoms with Gasteiger partial charge in [0.1, 0.15) is 0 Å². The largest absolute Gasteiger partial charge is 0.398 e. The average Bonchev–Trinajstić information content (AvgIpc) is 2.41. The van der Waals surface area contributed by atoms with Crippen LogP contribution in [-0.2, 0) is 0 Å². The number of carbonyl (C=O) groups is 1. The van der Waals surface area contributed by atoms with Gasteiger partial charge in [0, 0.05) is 21.3 Å². The fraction of sp³-hybridized carbons (Fsp3) is 0.188. The summed E-state index contributed by atoms with van der Waals surface area (Å²) in [4.78, 5) is 12.3. The maximum Gasteiger partial charge on any atom is 0.252 e. The van der Waals surface area contributed by atoms with Crippen LogP contribution in [0.4, 0.5) is 5.69 Å². The van der Waals surface area contributed by atoms with Crippen LogP contribution in [0, 0.1) is 6.92 Å². The molecule has 0 saturated carbocycles. The normalized spacial score (nSPS) is 12.0. The lowest BCUT2D eigenvalue weighted by Crippen LogP contribution is -2.27. The molecule has 5 heteroatoms. The highest BCUT2D eigenvalue weighted by atomic mass is 35.5. The molecule has 0 aliphatic rings. The van der Waals surface area contributed by atoms with Gasteiger partial charge in [0.2, 0.25) is 0 Å². The van der Waals surface area contributed by atoms with Gasteiger partial charge in [0.15, 0.2) is 0 Å². The lowest BCUT2D eigenvalue weighted by Gasteiger charge is -2.17. The van der Waals surface area contributed by atoms with Crippen molar-refractivity contribution in [2.45, 2.75) is 19.9 Å². The number of anilines is 1. The minimum Gasteiger partial charge on any atom is -0.398 e. The number of nitrogens with two attached hydrogens (primary N) is 1. The fourth-order valence-electron chi connectivity index (χ4n) is 2.10. The first-order valence-corrected chi connectivity index (χ1v) is 7.26. The molecule has 0 heterocycles. The number of nitrogen functional groups attached to an aromatic ring is 1. The van der Waals surface area contributed by atoms with Crippen molar-refractivity contribution in [2.24, 2.45) is 0 Å². The monoisotopic (exact) mass is 322 g/mol. The molecular formula is C16H16Cl2N2O. The van der Waals surface area contributed by atoms with Crippen molar-refractivity contribution in [1.82, 2.24) is 5.32 Å². The molecule has 0 radical (unpaired) electrons. The van der Waals surface area contributed by atoms with Crippen LogP contribution >= 0.6 is 23.2 Å². The molecule has 0 bridgehead atoms. The summed E-state index contributed by atoms with van der Waals surface area (Å²) in [5.74, 6) is -0.182. The molecule has 3 nitrogen and oxygen atoms in total. The zero-order valence-electron chi connectivity index (χ0n) is 11.8. The molecule has 21 heavy (non-hydrogen) atoms. The SMILES string of the molecule is Cc1c(N)cccc1C(=O)NC(C)c1ccc(Cl)cc1Cl. The summed E-state index contributed by atoms with van der Waals surface area (Å²) in [5.41, 5.74) is 8.57. The van der Waals surface area contributed by atoms with Gasteiger partial charge in [0.25, 0.3) is 5.91 Å². The molecule has 1 unspecified atom stereocenters. The molecule has 110 valence electrons. The van der Waals surface area contributed by atoms with E-state index in [1.54, 1.807) is 30.3 Å². The van der Waals surface area contributed by atoms with E-state index in [4.69, 9.17) is 28.9 Å². The zero-order chi connectivity index (χ0) is 15.6. The van der Waals surface area contributed by atoms with Crippen LogP contribution in [0.2, 0.25) is 10.0 Å². The van der Waals surface area contributed by atoms with E-state index < -0.39 is 0 Å². The van der Waals surface area contributed by atoms with Crippen LogP contribution in [0.1, 0.15) is 34.5 Å². The number of carbonyl (C=O) groups excluding carboxylic acids is 1. The Labute approximate surface area is 134 Å². The lowest BCUT2D eigenvalue weighted by molar-refractivity contribution is 0.0939. The third kappa shape index (κ3) is 3.49. The van der Waals surface area contributed by atoms with Crippen molar-refractivity contribution in [3.8, 4) is 0 Å². The lowest BCUT2D eigenvalue weighted by atomic mass is 10.0. The van der Waals surface area contributed by atoms with E-state index in [0.29, 0.717) is 21.3 Å². The molecule has 0 aliphatic heterocycles. The standard InChI is InChI=1S/C16H16Cl2N2O/c1-9-12(4-3-5-15(9)19)16(21)20-10(2)13-7-6-11(17)8-14(13)18/h3-8,10H,19H2,1-2H3,(H,20,21). The molecule has 2 aromatic carbocycles. The highest BCUT2D eigenvalue weighted by molar-refractivity contribution is 6.35. The van der Waals surface area contributed by atoms with Gasteiger partial charge in [-0.25, -0.2) is 0 Å². The molecule has 0 fully saturated rings. The number of halogens is 2. The molecule has 1 atom stereocenters. The van der Waals surface area contributed by atoms with E-state index >= 15 is 0 Å². The molecule has 0 spiro atoms. The van der Waals surface area contributed by atoms with Crippen LogP contribution in [0.5, 0.6) is 0 Å². The number of benzene rings is 2. The Bertz CT molecular complexity index is 686. The van der Waals surface area contributed by atoms with Gasteiger partial charge in [0.05, 0.1) is 6.04 Å². The predicted molar refractivity (Wildman–Crippen MR) is 87.9 cm³/mol. The molecule has 0 saturated heterocycles. The van der Waals surface area contributed by atoms with Gasteiger partial charge in [-0.05, 0) is 49.2 Å². The maximum absolute atomic E-state index is 12.3. The van der Waals surface area contributed by atoms with Crippen LogP contribution < -0.4 is 11.1 Å². The summed E-state index contributed by atoms with van der Waals surface area (Å²) in [6, 6.07) is 10.3. The third-order valence-corrected chi connectivity index (χ3v) is 3.96. The second-order valence-corrected chi connectivity index (χ2v) is 5.72. The first-order valence-electron chi connectivity index (χ1n) is 6.51. The Balaban J connectivity index is 2.21. The van der Waals surface area contributed by atoms with Crippen molar-refractivity contribution in [3.63, 3.8) is 0 Å². The molecule has 1 amide bonds. The number of hydrogen-bond acceptors (Lipinski definition) is 2. The fourth-order valence-corrected chi connectivity index (χ4v) is 2.68. The smallest absolute Gasteiger partial charge is 0.252 e. The second kappa shape index (κ2) is 6.37. The highest BCUT2D eigenvalue weighted by Gasteiger charge is 2.16. The second-order valence-electron chi connectivity index (χ2n) is 4.88. The Morgan fingerprint density at radius 1 is 1.24 bits per heavy atom. The van der Waals surface area contributed by atoms with Crippen LogP contribution in [0.15, 0.2) is 36.4 Å². The van der Waals surface area contributed by atoms with Crippen molar-refractivity contribution >= 4 is 34.8 Å². The average molecular weight is 323 g/mol. The van der Waals surface area contributed by atoms with E-state index in [2.05, 4.69) is 5.32 Å². The van der Waals surface area contributed by atoms with Gasteiger partial charge in [-0.15, -0.1) is 0 Å². The quantitative estimate of drug-likeness (QED) is 0.824. The first-order chi connectivity index (χ1) is 9.90. The van der Waals surface area contributed by atoms with Crippen LogP contribution in [0.25, 0.3) is 0 Å². The number of amides is 1. The van der Waals surface area contributed by atoms with Crippen LogP contribution in [-0.4, -0.2) is 5.91 Å². The minimum absolute atomic E-state index is 0.182. The van der Waals surface area contributed by atoms with Gasteiger partial charge >= 0.3 is 0 Å². The number of nitrogens with one attached hydrogen (secondary N) is 1. The summed E-state index contributed by atoms with van der Waals surface area (Å²) in [6.45, 7) is 3.69. The van der Waals surface area contributed by atoms with Crippen molar-refractivity contribution in [1.29, 1.82) is 0 Å². The summed E-state index contributed by atoms with van der Waals surface area (Å²) in [7, 11) is 0. The van der Waals surface area contributed by atoms with Gasteiger partial charge in [-0.2, -0.15) is 0 Å². The maximum atomic E-state index is 12.3. The predicted octanol–water partition coefficient (Wildman–Crippen LogP) is 4.38. The zero-order valence-corrected chi connectivity index (χ0v) is 13.3. The first kappa shape index (κ1) is 15.7. The van der Waals surface area contributed by atoms with Crippen molar-refractivity contribution in [2.75, 3.05) is 5.73 Å². The van der Waals surface area contributed by atoms with Crippen molar-refractivity contribution < 1.29 is 4.79 Å². The van der Waals surface area contributed by atoms with Gasteiger partial charge < -0.3 is 11.1 Å².